The summed E-state index contributed by atoms with van der Waals surface area (Å²) in [5.41, 5.74) is 0. The highest BCUT2D eigenvalue weighted by Gasteiger charge is 2.00. The number of alkyl halides is 1. The van der Waals surface area contributed by atoms with E-state index in [2.05, 4.69) is 22.2 Å². The van der Waals surface area contributed by atoms with E-state index in [1.807, 2.05) is 13.0 Å². The SMILES string of the molecule is CCCOc1cc(NCCCC(C)Cl)ncn1. The Bertz CT molecular complexity index is 320. The fourth-order valence-corrected chi connectivity index (χ4v) is 1.48. The first-order valence-electron chi connectivity index (χ1n) is 6.05. The quantitative estimate of drug-likeness (QED) is 0.574. The standard InChI is InChI=1S/C12H20ClN3O/c1-3-7-17-12-8-11(15-9-16-12)14-6-4-5-10(2)13/h8-10H,3-7H2,1-2H3,(H,14,15,16). The zero-order valence-electron chi connectivity index (χ0n) is 10.4. The molecule has 0 saturated heterocycles. The topological polar surface area (TPSA) is 47.0 Å². The smallest absolute Gasteiger partial charge is 0.218 e. The van der Waals surface area contributed by atoms with E-state index < -0.39 is 0 Å². The highest BCUT2D eigenvalue weighted by atomic mass is 35.5. The van der Waals surface area contributed by atoms with Crippen molar-refractivity contribution in [2.75, 3.05) is 18.5 Å². The molecule has 1 atom stereocenters. The Kier molecular flexibility index (Phi) is 6.70. The first-order valence-corrected chi connectivity index (χ1v) is 6.48. The Morgan fingerprint density at radius 1 is 1.47 bits per heavy atom. The van der Waals surface area contributed by atoms with Crippen molar-refractivity contribution in [3.8, 4) is 5.88 Å². The largest absolute Gasteiger partial charge is 0.478 e. The molecule has 0 aliphatic heterocycles. The van der Waals surface area contributed by atoms with Crippen LogP contribution in [0.3, 0.4) is 0 Å². The molecule has 1 N–H and O–H groups in total. The van der Waals surface area contributed by atoms with Crippen LogP contribution < -0.4 is 10.1 Å². The van der Waals surface area contributed by atoms with E-state index in [4.69, 9.17) is 16.3 Å². The van der Waals surface area contributed by atoms with Crippen molar-refractivity contribution >= 4 is 17.4 Å². The molecule has 0 aromatic carbocycles. The molecule has 0 amide bonds. The fourth-order valence-electron chi connectivity index (χ4n) is 1.32. The summed E-state index contributed by atoms with van der Waals surface area (Å²) in [4.78, 5) is 8.17. The first kappa shape index (κ1) is 14.0. The molecule has 17 heavy (non-hydrogen) atoms. The lowest BCUT2D eigenvalue weighted by Gasteiger charge is -2.08. The number of halogens is 1. The van der Waals surface area contributed by atoms with E-state index in [1.54, 1.807) is 0 Å². The van der Waals surface area contributed by atoms with Gasteiger partial charge in [0.15, 0.2) is 0 Å². The van der Waals surface area contributed by atoms with E-state index in [-0.39, 0.29) is 5.38 Å². The molecule has 1 aromatic rings. The van der Waals surface area contributed by atoms with E-state index in [9.17, 15) is 0 Å². The summed E-state index contributed by atoms with van der Waals surface area (Å²) < 4.78 is 5.43. The van der Waals surface area contributed by atoms with Gasteiger partial charge < -0.3 is 10.1 Å². The van der Waals surface area contributed by atoms with Gasteiger partial charge in [0.1, 0.15) is 12.1 Å². The highest BCUT2D eigenvalue weighted by molar-refractivity contribution is 6.20. The maximum atomic E-state index is 5.87. The lowest BCUT2D eigenvalue weighted by atomic mass is 10.2. The van der Waals surface area contributed by atoms with Gasteiger partial charge in [-0.1, -0.05) is 6.92 Å². The van der Waals surface area contributed by atoms with Crippen molar-refractivity contribution in [2.24, 2.45) is 0 Å². The molecule has 1 rings (SSSR count). The molecule has 4 nitrogen and oxygen atoms in total. The summed E-state index contributed by atoms with van der Waals surface area (Å²) in [6.07, 6.45) is 4.51. The average Bonchev–Trinajstić information content (AvgIpc) is 2.32. The van der Waals surface area contributed by atoms with Crippen LogP contribution in [0.2, 0.25) is 0 Å². The molecular weight excluding hydrogens is 238 g/mol. The molecule has 0 fully saturated rings. The zero-order valence-corrected chi connectivity index (χ0v) is 11.2. The second-order valence-corrected chi connectivity index (χ2v) is 4.68. The minimum atomic E-state index is 0.227. The molecule has 0 aliphatic rings. The van der Waals surface area contributed by atoms with E-state index in [1.165, 1.54) is 6.33 Å². The molecule has 1 aromatic heterocycles. The number of nitrogens with zero attached hydrogens (tertiary/aromatic N) is 2. The van der Waals surface area contributed by atoms with Crippen LogP contribution in [0.5, 0.6) is 5.88 Å². The number of aromatic nitrogens is 2. The predicted molar refractivity (Wildman–Crippen MR) is 70.9 cm³/mol. The molecule has 1 unspecified atom stereocenters. The maximum Gasteiger partial charge on any atom is 0.218 e. The number of hydrogen-bond acceptors (Lipinski definition) is 4. The molecule has 0 bridgehead atoms. The van der Waals surface area contributed by atoms with Gasteiger partial charge in [-0.25, -0.2) is 9.97 Å². The summed E-state index contributed by atoms with van der Waals surface area (Å²) in [7, 11) is 0. The van der Waals surface area contributed by atoms with Gasteiger partial charge in [-0.3, -0.25) is 0 Å². The summed E-state index contributed by atoms with van der Waals surface area (Å²) in [6.45, 7) is 5.61. The Labute approximate surface area is 108 Å². The van der Waals surface area contributed by atoms with Crippen molar-refractivity contribution in [1.82, 2.24) is 9.97 Å². The molecular formula is C12H20ClN3O. The van der Waals surface area contributed by atoms with Crippen LogP contribution in [0, 0.1) is 0 Å². The zero-order chi connectivity index (χ0) is 12.5. The van der Waals surface area contributed by atoms with Crippen LogP contribution in [-0.4, -0.2) is 28.5 Å². The average molecular weight is 258 g/mol. The first-order chi connectivity index (χ1) is 8.22. The lowest BCUT2D eigenvalue weighted by Crippen LogP contribution is -2.06. The maximum absolute atomic E-state index is 5.87. The van der Waals surface area contributed by atoms with Gasteiger partial charge in [0, 0.05) is 18.0 Å². The summed E-state index contributed by atoms with van der Waals surface area (Å²) in [5.74, 6) is 1.42. The minimum Gasteiger partial charge on any atom is -0.478 e. The third kappa shape index (κ3) is 6.31. The van der Waals surface area contributed by atoms with Gasteiger partial charge in [0.25, 0.3) is 0 Å². The minimum absolute atomic E-state index is 0.227. The second-order valence-electron chi connectivity index (χ2n) is 3.94. The van der Waals surface area contributed by atoms with Crippen LogP contribution in [0.15, 0.2) is 12.4 Å². The highest BCUT2D eigenvalue weighted by Crippen LogP contribution is 2.11. The number of ether oxygens (including phenoxy) is 1. The van der Waals surface area contributed by atoms with Gasteiger partial charge >= 0.3 is 0 Å². The summed E-state index contributed by atoms with van der Waals surface area (Å²) in [5, 5.41) is 3.45. The van der Waals surface area contributed by atoms with Crippen molar-refractivity contribution in [2.45, 2.75) is 38.5 Å². The van der Waals surface area contributed by atoms with Gasteiger partial charge in [0.05, 0.1) is 6.61 Å². The number of nitrogens with one attached hydrogen (secondary N) is 1. The van der Waals surface area contributed by atoms with Crippen LogP contribution in [0.4, 0.5) is 5.82 Å². The second kappa shape index (κ2) is 8.12. The number of hydrogen-bond donors (Lipinski definition) is 1. The molecule has 0 radical (unpaired) electrons. The van der Waals surface area contributed by atoms with Crippen molar-refractivity contribution in [3.63, 3.8) is 0 Å². The van der Waals surface area contributed by atoms with Gasteiger partial charge in [0.2, 0.25) is 5.88 Å². The lowest BCUT2D eigenvalue weighted by molar-refractivity contribution is 0.305. The third-order valence-electron chi connectivity index (χ3n) is 2.18. The molecule has 5 heteroatoms. The van der Waals surface area contributed by atoms with Gasteiger partial charge in [-0.05, 0) is 26.2 Å². The van der Waals surface area contributed by atoms with Gasteiger partial charge in [-0.15, -0.1) is 11.6 Å². The molecule has 0 aliphatic carbocycles. The van der Waals surface area contributed by atoms with E-state index in [0.717, 1.165) is 31.6 Å². The predicted octanol–water partition coefficient (Wildman–Crippen LogP) is 3.08. The monoisotopic (exact) mass is 257 g/mol. The van der Waals surface area contributed by atoms with Gasteiger partial charge in [-0.2, -0.15) is 0 Å². The number of anilines is 1. The molecule has 1 heterocycles. The Balaban J connectivity index is 2.32. The molecule has 96 valence electrons. The fraction of sp³-hybridized carbons (Fsp3) is 0.667. The van der Waals surface area contributed by atoms with E-state index in [0.29, 0.717) is 12.5 Å². The van der Waals surface area contributed by atoms with Crippen molar-refractivity contribution in [3.05, 3.63) is 12.4 Å². The molecule has 0 saturated carbocycles. The van der Waals surface area contributed by atoms with Crippen molar-refractivity contribution in [1.29, 1.82) is 0 Å². The third-order valence-corrected chi connectivity index (χ3v) is 2.40. The van der Waals surface area contributed by atoms with Crippen LogP contribution in [0.1, 0.15) is 33.1 Å². The molecule has 0 spiro atoms. The number of rotatable bonds is 8. The van der Waals surface area contributed by atoms with E-state index >= 15 is 0 Å². The Morgan fingerprint density at radius 3 is 3.00 bits per heavy atom. The van der Waals surface area contributed by atoms with Crippen LogP contribution >= 0.6 is 11.6 Å². The Hall–Kier alpha value is -1.03. The Morgan fingerprint density at radius 2 is 2.29 bits per heavy atom. The normalized spacial score (nSPS) is 12.2. The van der Waals surface area contributed by atoms with Crippen LogP contribution in [-0.2, 0) is 0 Å². The van der Waals surface area contributed by atoms with Crippen LogP contribution in [0.25, 0.3) is 0 Å². The summed E-state index contributed by atoms with van der Waals surface area (Å²) >= 11 is 5.87. The summed E-state index contributed by atoms with van der Waals surface area (Å²) in [6, 6.07) is 1.82. The van der Waals surface area contributed by atoms with Crippen molar-refractivity contribution < 1.29 is 4.74 Å².